The van der Waals surface area contributed by atoms with Crippen LogP contribution in [-0.2, 0) is 19.1 Å². The molecule has 1 rings (SSSR count). The topological polar surface area (TPSA) is 52.6 Å². The summed E-state index contributed by atoms with van der Waals surface area (Å²) in [4.78, 5) is 21.4. The smallest absolute Gasteiger partial charge is 0.348 e. The molecule has 0 aliphatic carbocycles. The summed E-state index contributed by atoms with van der Waals surface area (Å²) in [5, 5.41) is 0. The fraction of sp³-hybridized carbons (Fsp3) is 0.556. The van der Waals surface area contributed by atoms with Crippen molar-refractivity contribution in [2.24, 2.45) is 0 Å². The van der Waals surface area contributed by atoms with Gasteiger partial charge in [-0.25, -0.2) is 4.79 Å². The molecule has 0 N–H and O–H groups in total. The molecule has 0 aromatic heterocycles. The predicted molar refractivity (Wildman–Crippen MR) is 44.9 cm³/mol. The van der Waals surface area contributed by atoms with E-state index in [1.54, 1.807) is 6.08 Å². The van der Waals surface area contributed by atoms with Gasteiger partial charge in [0, 0.05) is 0 Å². The second kappa shape index (κ2) is 4.07. The lowest BCUT2D eigenvalue weighted by atomic mass is 10.2. The standard InChI is InChI=1S/C9H12O4/c1-6(2)3-4-12-9(11)7-5-8(10)13-7/h3,7H,4-5H2,1-2H3/t7-/m0/s1. The monoisotopic (exact) mass is 184 g/mol. The molecule has 1 aliphatic heterocycles. The van der Waals surface area contributed by atoms with Crippen molar-refractivity contribution >= 4 is 11.9 Å². The first-order chi connectivity index (χ1) is 6.09. The Morgan fingerprint density at radius 3 is 2.77 bits per heavy atom. The second-order valence-electron chi connectivity index (χ2n) is 3.09. The Labute approximate surface area is 76.5 Å². The Kier molecular flexibility index (Phi) is 3.06. The Bertz CT molecular complexity index is 242. The summed E-state index contributed by atoms with van der Waals surface area (Å²) in [7, 11) is 0. The van der Waals surface area contributed by atoms with Gasteiger partial charge in [-0.1, -0.05) is 5.57 Å². The van der Waals surface area contributed by atoms with Gasteiger partial charge in [0.2, 0.25) is 6.10 Å². The van der Waals surface area contributed by atoms with Gasteiger partial charge in [0.15, 0.2) is 0 Å². The number of hydrogen-bond acceptors (Lipinski definition) is 4. The summed E-state index contributed by atoms with van der Waals surface area (Å²) < 4.78 is 9.34. The van der Waals surface area contributed by atoms with E-state index < -0.39 is 12.1 Å². The Morgan fingerprint density at radius 1 is 1.69 bits per heavy atom. The molecule has 1 saturated heterocycles. The number of carbonyl (C=O) groups is 2. The quantitative estimate of drug-likeness (QED) is 0.481. The fourth-order valence-electron chi connectivity index (χ4n) is 0.815. The molecule has 0 amide bonds. The van der Waals surface area contributed by atoms with Crippen LogP contribution in [0.3, 0.4) is 0 Å². The van der Waals surface area contributed by atoms with Crippen LogP contribution in [0.25, 0.3) is 0 Å². The average Bonchev–Trinajstić information content (AvgIpc) is 1.97. The molecule has 0 unspecified atom stereocenters. The van der Waals surface area contributed by atoms with Crippen molar-refractivity contribution < 1.29 is 19.1 Å². The summed E-state index contributed by atoms with van der Waals surface area (Å²) in [6, 6.07) is 0. The highest BCUT2D eigenvalue weighted by atomic mass is 16.6. The first-order valence-corrected chi connectivity index (χ1v) is 4.09. The molecule has 1 atom stereocenters. The molecule has 1 aliphatic rings. The first-order valence-electron chi connectivity index (χ1n) is 4.09. The van der Waals surface area contributed by atoms with Crippen molar-refractivity contribution in [1.29, 1.82) is 0 Å². The van der Waals surface area contributed by atoms with Crippen LogP contribution in [0.15, 0.2) is 11.6 Å². The van der Waals surface area contributed by atoms with E-state index in [-0.39, 0.29) is 19.0 Å². The van der Waals surface area contributed by atoms with E-state index in [1.807, 2.05) is 13.8 Å². The van der Waals surface area contributed by atoms with Crippen LogP contribution in [-0.4, -0.2) is 24.6 Å². The number of hydrogen-bond donors (Lipinski definition) is 0. The summed E-state index contributed by atoms with van der Waals surface area (Å²) in [6.45, 7) is 4.07. The van der Waals surface area contributed by atoms with Gasteiger partial charge in [-0.2, -0.15) is 0 Å². The Hall–Kier alpha value is -1.32. The normalized spacial score (nSPS) is 19.8. The van der Waals surface area contributed by atoms with Crippen LogP contribution in [0, 0.1) is 0 Å². The SMILES string of the molecule is CC(C)=CCOC(=O)[C@@H]1CC(=O)O1. The van der Waals surface area contributed by atoms with Crippen molar-refractivity contribution in [3.8, 4) is 0 Å². The van der Waals surface area contributed by atoms with Gasteiger partial charge in [-0.05, 0) is 19.9 Å². The molecule has 0 bridgehead atoms. The summed E-state index contributed by atoms with van der Waals surface area (Å²) in [6.07, 6.45) is 1.27. The Morgan fingerprint density at radius 2 is 2.31 bits per heavy atom. The molecule has 0 aromatic carbocycles. The minimum absolute atomic E-state index is 0.146. The van der Waals surface area contributed by atoms with Crippen LogP contribution >= 0.6 is 0 Å². The van der Waals surface area contributed by atoms with E-state index in [0.717, 1.165) is 5.57 Å². The molecular weight excluding hydrogens is 172 g/mol. The van der Waals surface area contributed by atoms with Gasteiger partial charge in [-0.3, -0.25) is 4.79 Å². The van der Waals surface area contributed by atoms with Gasteiger partial charge in [0.1, 0.15) is 6.61 Å². The van der Waals surface area contributed by atoms with E-state index in [4.69, 9.17) is 4.74 Å². The minimum Gasteiger partial charge on any atom is -0.459 e. The summed E-state index contributed by atoms with van der Waals surface area (Å²) >= 11 is 0. The van der Waals surface area contributed by atoms with Crippen molar-refractivity contribution in [1.82, 2.24) is 0 Å². The number of cyclic esters (lactones) is 1. The van der Waals surface area contributed by atoms with E-state index in [0.29, 0.717) is 0 Å². The van der Waals surface area contributed by atoms with Crippen LogP contribution < -0.4 is 0 Å². The third kappa shape index (κ3) is 2.89. The van der Waals surface area contributed by atoms with Crippen LogP contribution in [0.2, 0.25) is 0 Å². The van der Waals surface area contributed by atoms with E-state index in [1.165, 1.54) is 0 Å². The number of rotatable bonds is 3. The van der Waals surface area contributed by atoms with Crippen molar-refractivity contribution in [2.45, 2.75) is 26.4 Å². The molecule has 1 fully saturated rings. The highest BCUT2D eigenvalue weighted by Crippen LogP contribution is 2.14. The third-order valence-corrected chi connectivity index (χ3v) is 1.61. The van der Waals surface area contributed by atoms with Crippen LogP contribution in [0.4, 0.5) is 0 Å². The average molecular weight is 184 g/mol. The predicted octanol–water partition coefficient (Wildman–Crippen LogP) is 0.811. The molecule has 1 heterocycles. The summed E-state index contributed by atoms with van der Waals surface area (Å²) in [5.74, 6) is -0.804. The molecule has 4 heteroatoms. The number of allylic oxidation sites excluding steroid dienone is 1. The molecular formula is C9H12O4. The van der Waals surface area contributed by atoms with Crippen LogP contribution in [0.5, 0.6) is 0 Å². The van der Waals surface area contributed by atoms with Crippen molar-refractivity contribution in [2.75, 3.05) is 6.61 Å². The fourth-order valence-corrected chi connectivity index (χ4v) is 0.815. The lowest BCUT2D eigenvalue weighted by molar-refractivity contribution is -0.184. The zero-order chi connectivity index (χ0) is 9.84. The van der Waals surface area contributed by atoms with Gasteiger partial charge in [0.25, 0.3) is 0 Å². The lowest BCUT2D eigenvalue weighted by Crippen LogP contribution is -2.40. The van der Waals surface area contributed by atoms with E-state index in [2.05, 4.69) is 4.74 Å². The molecule has 0 radical (unpaired) electrons. The van der Waals surface area contributed by atoms with Gasteiger partial charge in [0.05, 0.1) is 6.42 Å². The third-order valence-electron chi connectivity index (χ3n) is 1.61. The molecule has 4 nitrogen and oxygen atoms in total. The zero-order valence-electron chi connectivity index (χ0n) is 7.70. The highest BCUT2D eigenvalue weighted by molar-refractivity contribution is 5.89. The minimum atomic E-state index is -0.668. The van der Waals surface area contributed by atoms with Gasteiger partial charge >= 0.3 is 11.9 Å². The van der Waals surface area contributed by atoms with Gasteiger partial charge in [-0.15, -0.1) is 0 Å². The molecule has 72 valence electrons. The van der Waals surface area contributed by atoms with Crippen LogP contribution in [0.1, 0.15) is 20.3 Å². The highest BCUT2D eigenvalue weighted by Gasteiger charge is 2.36. The maximum atomic E-state index is 11.0. The first kappa shape index (κ1) is 9.77. The maximum absolute atomic E-state index is 11.0. The number of ether oxygens (including phenoxy) is 2. The number of esters is 2. The molecule has 0 saturated carbocycles. The number of carbonyl (C=O) groups excluding carboxylic acids is 2. The van der Waals surface area contributed by atoms with Crippen molar-refractivity contribution in [3.63, 3.8) is 0 Å². The molecule has 0 spiro atoms. The van der Waals surface area contributed by atoms with Gasteiger partial charge < -0.3 is 9.47 Å². The zero-order valence-corrected chi connectivity index (χ0v) is 7.70. The lowest BCUT2D eigenvalue weighted by Gasteiger charge is -2.22. The largest absolute Gasteiger partial charge is 0.459 e. The van der Waals surface area contributed by atoms with E-state index >= 15 is 0 Å². The summed E-state index contributed by atoms with van der Waals surface area (Å²) in [5.41, 5.74) is 1.08. The van der Waals surface area contributed by atoms with E-state index in [9.17, 15) is 9.59 Å². The Balaban J connectivity index is 2.19. The maximum Gasteiger partial charge on any atom is 0.348 e. The van der Waals surface area contributed by atoms with Crippen molar-refractivity contribution in [3.05, 3.63) is 11.6 Å². The second-order valence-corrected chi connectivity index (χ2v) is 3.09. The molecule has 0 aromatic rings. The molecule has 13 heavy (non-hydrogen) atoms.